The van der Waals surface area contributed by atoms with Crippen molar-refractivity contribution < 1.29 is 9.00 Å². The smallest absolute Gasteiger partial charge is 0.321 e. The normalized spacial score (nSPS) is 13.4. The summed E-state index contributed by atoms with van der Waals surface area (Å²) >= 11 is 1.37. The first kappa shape index (κ1) is 15.7. The quantitative estimate of drug-likeness (QED) is 0.888. The molecule has 1 aromatic carbocycles. The minimum absolute atomic E-state index is 0.293. The van der Waals surface area contributed by atoms with Crippen molar-refractivity contribution in [1.82, 2.24) is 10.3 Å². The van der Waals surface area contributed by atoms with E-state index in [1.165, 1.54) is 11.3 Å². The molecule has 2 aromatic rings. The number of carbonyl (C=O) groups excluding carboxylic acids is 1. The maximum absolute atomic E-state index is 12.0. The second kappa shape index (κ2) is 7.33. The van der Waals surface area contributed by atoms with Crippen molar-refractivity contribution in [3.63, 3.8) is 0 Å². The fraction of sp³-hybridized carbons (Fsp3) is 0.286. The van der Waals surface area contributed by atoms with Crippen molar-refractivity contribution in [2.75, 3.05) is 17.3 Å². The molecule has 0 saturated heterocycles. The molecule has 0 radical (unpaired) electrons. The van der Waals surface area contributed by atoms with Crippen LogP contribution in [0.15, 0.2) is 35.7 Å². The number of hydrogen-bond acceptors (Lipinski definition) is 4. The van der Waals surface area contributed by atoms with Gasteiger partial charge in [-0.25, -0.2) is 9.78 Å². The highest BCUT2D eigenvalue weighted by molar-refractivity contribution is 7.84. The van der Waals surface area contributed by atoms with E-state index in [4.69, 9.17) is 0 Å². The van der Waals surface area contributed by atoms with Crippen LogP contribution in [-0.4, -0.2) is 27.2 Å². The third kappa shape index (κ3) is 4.95. The third-order valence-electron chi connectivity index (χ3n) is 2.75. The van der Waals surface area contributed by atoms with Crippen LogP contribution in [0.25, 0.3) is 0 Å². The number of nitrogens with zero attached hydrogens (tertiary/aromatic N) is 1. The van der Waals surface area contributed by atoms with Gasteiger partial charge in [0.15, 0.2) is 5.13 Å². The molecule has 2 N–H and O–H groups in total. The van der Waals surface area contributed by atoms with Gasteiger partial charge in [0.05, 0.1) is 11.7 Å². The van der Waals surface area contributed by atoms with Crippen LogP contribution in [0.5, 0.6) is 0 Å². The summed E-state index contributed by atoms with van der Waals surface area (Å²) in [7, 11) is -1.01. The van der Waals surface area contributed by atoms with Crippen molar-refractivity contribution in [2.45, 2.75) is 13.0 Å². The lowest BCUT2D eigenvalue weighted by atomic mass is 10.1. The molecule has 2 amide bonds. The van der Waals surface area contributed by atoms with Crippen molar-refractivity contribution in [3.05, 3.63) is 47.0 Å². The molecule has 0 aliphatic heterocycles. The van der Waals surface area contributed by atoms with Gasteiger partial charge in [0.2, 0.25) is 0 Å². The number of carbonyl (C=O) groups is 1. The van der Waals surface area contributed by atoms with E-state index < -0.39 is 10.8 Å². The van der Waals surface area contributed by atoms with Gasteiger partial charge in [-0.1, -0.05) is 30.3 Å². The Morgan fingerprint density at radius 3 is 2.67 bits per heavy atom. The van der Waals surface area contributed by atoms with E-state index in [1.807, 2.05) is 42.6 Å². The highest BCUT2D eigenvalue weighted by atomic mass is 32.2. The molecule has 21 heavy (non-hydrogen) atoms. The van der Waals surface area contributed by atoms with E-state index in [0.717, 1.165) is 11.3 Å². The number of hydrogen-bond donors (Lipinski definition) is 2. The first-order valence-electron chi connectivity index (χ1n) is 6.39. The Hall–Kier alpha value is -1.73. The lowest BCUT2D eigenvalue weighted by molar-refractivity contribution is 0.249. The maximum Gasteiger partial charge on any atom is 0.321 e. The number of nitrogens with one attached hydrogen (secondary N) is 2. The molecule has 0 aliphatic rings. The van der Waals surface area contributed by atoms with Crippen molar-refractivity contribution in [3.8, 4) is 0 Å². The Kier molecular flexibility index (Phi) is 5.46. The summed E-state index contributed by atoms with van der Waals surface area (Å²) < 4.78 is 11.5. The van der Waals surface area contributed by atoms with Gasteiger partial charge >= 0.3 is 6.03 Å². The van der Waals surface area contributed by atoms with E-state index >= 15 is 0 Å². The number of anilines is 1. The number of aryl methyl sites for hydroxylation is 1. The lowest BCUT2D eigenvalue weighted by Gasteiger charge is -2.18. The Morgan fingerprint density at radius 2 is 2.10 bits per heavy atom. The molecule has 0 fully saturated rings. The molecule has 5 nitrogen and oxygen atoms in total. The van der Waals surface area contributed by atoms with Gasteiger partial charge in [0.25, 0.3) is 0 Å². The summed E-state index contributed by atoms with van der Waals surface area (Å²) in [5, 5.41) is 7.96. The zero-order chi connectivity index (χ0) is 15.2. The van der Waals surface area contributed by atoms with E-state index in [0.29, 0.717) is 10.9 Å². The summed E-state index contributed by atoms with van der Waals surface area (Å²) in [5.74, 6) is 0.369. The third-order valence-corrected chi connectivity index (χ3v) is 4.43. The number of benzene rings is 1. The molecule has 1 heterocycles. The Balaban J connectivity index is 2.04. The summed E-state index contributed by atoms with van der Waals surface area (Å²) in [6, 6.07) is 8.87. The molecule has 7 heteroatoms. The van der Waals surface area contributed by atoms with Crippen LogP contribution in [0, 0.1) is 6.92 Å². The molecule has 0 bridgehead atoms. The van der Waals surface area contributed by atoms with Gasteiger partial charge in [0.1, 0.15) is 0 Å². The summed E-state index contributed by atoms with van der Waals surface area (Å²) in [4.78, 5) is 16.2. The molecule has 112 valence electrons. The molecule has 0 spiro atoms. The standard InChI is InChI=1S/C14H17N3O2S2/c1-10-8-20-14(15-10)17-13(18)16-12(9-21(2)19)11-6-4-3-5-7-11/h3-8,12H,9H2,1-2H3,(H2,15,16,17,18). The second-order valence-electron chi connectivity index (χ2n) is 4.60. The fourth-order valence-corrected chi connectivity index (χ4v) is 3.27. The van der Waals surface area contributed by atoms with Gasteiger partial charge < -0.3 is 5.32 Å². The van der Waals surface area contributed by atoms with E-state index in [1.54, 1.807) is 6.26 Å². The van der Waals surface area contributed by atoms with Crippen LogP contribution in [-0.2, 0) is 10.8 Å². The SMILES string of the molecule is Cc1csc(NC(=O)NC(CS(C)=O)c2ccccc2)n1. The predicted octanol–water partition coefficient (Wildman–Crippen LogP) is 2.69. The first-order valence-corrected chi connectivity index (χ1v) is 9.00. The van der Waals surface area contributed by atoms with Crippen LogP contribution in [0.2, 0.25) is 0 Å². The molecular formula is C14H17N3O2S2. The number of aromatic nitrogens is 1. The van der Waals surface area contributed by atoms with Crippen molar-refractivity contribution in [1.29, 1.82) is 0 Å². The van der Waals surface area contributed by atoms with Crippen LogP contribution in [0.4, 0.5) is 9.93 Å². The predicted molar refractivity (Wildman–Crippen MR) is 87.1 cm³/mol. The molecule has 2 rings (SSSR count). The van der Waals surface area contributed by atoms with Crippen LogP contribution >= 0.6 is 11.3 Å². The van der Waals surface area contributed by atoms with Crippen molar-refractivity contribution >= 4 is 33.3 Å². The highest BCUT2D eigenvalue weighted by Gasteiger charge is 2.16. The molecule has 2 unspecified atom stereocenters. The summed E-state index contributed by atoms with van der Waals surface area (Å²) in [6.07, 6.45) is 1.62. The largest absolute Gasteiger partial charge is 0.330 e. The molecule has 0 aliphatic carbocycles. The van der Waals surface area contributed by atoms with Gasteiger partial charge in [-0.15, -0.1) is 11.3 Å². The van der Waals surface area contributed by atoms with Crippen LogP contribution < -0.4 is 10.6 Å². The number of urea groups is 1. The summed E-state index contributed by atoms with van der Waals surface area (Å²) in [5.41, 5.74) is 1.79. The Morgan fingerprint density at radius 1 is 1.38 bits per heavy atom. The number of thiazole rings is 1. The molecule has 2 atom stereocenters. The first-order chi connectivity index (χ1) is 10.0. The van der Waals surface area contributed by atoms with Gasteiger partial charge in [-0.3, -0.25) is 9.53 Å². The zero-order valence-corrected chi connectivity index (χ0v) is 13.5. The van der Waals surface area contributed by atoms with E-state index in [9.17, 15) is 9.00 Å². The summed E-state index contributed by atoms with van der Waals surface area (Å²) in [6.45, 7) is 1.87. The van der Waals surface area contributed by atoms with E-state index in [-0.39, 0.29) is 12.1 Å². The topological polar surface area (TPSA) is 71.1 Å². The molecule has 0 saturated carbocycles. The minimum atomic E-state index is -1.01. The maximum atomic E-state index is 12.0. The number of amides is 2. The van der Waals surface area contributed by atoms with Gasteiger partial charge in [0, 0.05) is 28.2 Å². The van der Waals surface area contributed by atoms with Gasteiger partial charge in [-0.2, -0.15) is 0 Å². The van der Waals surface area contributed by atoms with Crippen LogP contribution in [0.3, 0.4) is 0 Å². The average Bonchev–Trinajstić information content (AvgIpc) is 2.83. The fourth-order valence-electron chi connectivity index (χ4n) is 1.84. The Bertz CT molecular complexity index is 628. The highest BCUT2D eigenvalue weighted by Crippen LogP contribution is 2.16. The van der Waals surface area contributed by atoms with Gasteiger partial charge in [-0.05, 0) is 12.5 Å². The zero-order valence-electron chi connectivity index (χ0n) is 11.8. The average molecular weight is 323 g/mol. The second-order valence-corrected chi connectivity index (χ2v) is 6.93. The molecular weight excluding hydrogens is 306 g/mol. The minimum Gasteiger partial charge on any atom is -0.330 e. The van der Waals surface area contributed by atoms with Crippen molar-refractivity contribution in [2.24, 2.45) is 0 Å². The number of rotatable bonds is 5. The lowest BCUT2D eigenvalue weighted by Crippen LogP contribution is -2.35. The van der Waals surface area contributed by atoms with E-state index in [2.05, 4.69) is 15.6 Å². The monoisotopic (exact) mass is 323 g/mol. The molecule has 1 aromatic heterocycles. The van der Waals surface area contributed by atoms with Crippen LogP contribution in [0.1, 0.15) is 17.3 Å². The Labute approximate surface area is 130 Å².